The molecule has 0 saturated heterocycles. The van der Waals surface area contributed by atoms with Gasteiger partial charge in [-0.1, -0.05) is 18.2 Å². The van der Waals surface area contributed by atoms with Crippen LogP contribution in [0.4, 0.5) is 5.69 Å². The first-order valence-electron chi connectivity index (χ1n) is 9.07. The second-order valence-electron chi connectivity index (χ2n) is 6.75. The summed E-state index contributed by atoms with van der Waals surface area (Å²) >= 11 is 0. The number of benzene rings is 2. The Hall–Kier alpha value is -3.61. The van der Waals surface area contributed by atoms with Crippen molar-refractivity contribution in [2.45, 2.75) is 6.42 Å². The van der Waals surface area contributed by atoms with E-state index >= 15 is 0 Å². The van der Waals surface area contributed by atoms with E-state index in [4.69, 9.17) is 0 Å². The van der Waals surface area contributed by atoms with Crippen LogP contribution in [0.5, 0.6) is 0 Å². The number of hydrogen-bond acceptors (Lipinski definition) is 3. The van der Waals surface area contributed by atoms with Crippen LogP contribution in [-0.2, 0) is 11.2 Å². The maximum absolute atomic E-state index is 12.6. The van der Waals surface area contributed by atoms with Gasteiger partial charge in [-0.3, -0.25) is 14.4 Å². The van der Waals surface area contributed by atoms with Crippen LogP contribution >= 0.6 is 0 Å². The van der Waals surface area contributed by atoms with Crippen molar-refractivity contribution in [3.63, 3.8) is 0 Å². The van der Waals surface area contributed by atoms with Gasteiger partial charge in [0.2, 0.25) is 5.91 Å². The highest BCUT2D eigenvalue weighted by Gasteiger charge is 2.25. The zero-order valence-corrected chi connectivity index (χ0v) is 15.4. The van der Waals surface area contributed by atoms with Crippen molar-refractivity contribution in [1.82, 2.24) is 15.2 Å². The molecule has 7 heteroatoms. The molecule has 0 bridgehead atoms. The average Bonchev–Trinajstić information content (AvgIpc) is 3.13. The lowest BCUT2D eigenvalue weighted by atomic mass is 9.99. The number of rotatable bonds is 4. The minimum atomic E-state index is -0.255. The van der Waals surface area contributed by atoms with Crippen LogP contribution in [0.25, 0.3) is 10.9 Å². The molecule has 0 radical (unpaired) electrons. The van der Waals surface area contributed by atoms with E-state index in [0.29, 0.717) is 23.5 Å². The van der Waals surface area contributed by atoms with Crippen LogP contribution in [-0.4, -0.2) is 47.7 Å². The zero-order chi connectivity index (χ0) is 19.7. The van der Waals surface area contributed by atoms with Gasteiger partial charge in [-0.2, -0.15) is 0 Å². The second-order valence-corrected chi connectivity index (χ2v) is 6.75. The molecule has 3 aromatic rings. The maximum atomic E-state index is 12.6. The molecule has 142 valence electrons. The number of amides is 3. The van der Waals surface area contributed by atoms with E-state index < -0.39 is 0 Å². The molecule has 3 amide bonds. The number of anilines is 1. The summed E-state index contributed by atoms with van der Waals surface area (Å²) < 4.78 is 0. The van der Waals surface area contributed by atoms with Crippen molar-refractivity contribution in [2.75, 3.05) is 25.5 Å². The molecule has 0 spiro atoms. The van der Waals surface area contributed by atoms with Crippen LogP contribution in [0.1, 0.15) is 26.4 Å². The largest absolute Gasteiger partial charge is 0.354 e. The molecule has 7 nitrogen and oxygen atoms in total. The average molecular weight is 376 g/mol. The van der Waals surface area contributed by atoms with Crippen molar-refractivity contribution in [3.05, 3.63) is 65.4 Å². The Morgan fingerprint density at radius 3 is 2.79 bits per heavy atom. The molecule has 0 aliphatic carbocycles. The number of aromatic nitrogens is 1. The topological polar surface area (TPSA) is 94.3 Å². The number of nitrogens with one attached hydrogen (secondary N) is 3. The number of nitrogens with zero attached hydrogens (tertiary/aromatic N) is 1. The summed E-state index contributed by atoms with van der Waals surface area (Å²) in [6.07, 6.45) is 0.743. The third-order valence-corrected chi connectivity index (χ3v) is 4.90. The summed E-state index contributed by atoms with van der Waals surface area (Å²) in [5.74, 6) is -0.576. The van der Waals surface area contributed by atoms with E-state index in [9.17, 15) is 14.4 Å². The Morgan fingerprint density at radius 1 is 1.14 bits per heavy atom. The number of H-pyrrole nitrogens is 1. The quantitative estimate of drug-likeness (QED) is 0.651. The van der Waals surface area contributed by atoms with Crippen LogP contribution in [0.15, 0.2) is 48.5 Å². The van der Waals surface area contributed by atoms with Crippen molar-refractivity contribution in [1.29, 1.82) is 0 Å². The summed E-state index contributed by atoms with van der Waals surface area (Å²) in [6.45, 7) is 0.525. The minimum absolute atomic E-state index is 0.00182. The fraction of sp³-hybridized carbons (Fsp3) is 0.190. The predicted molar refractivity (Wildman–Crippen MR) is 106 cm³/mol. The fourth-order valence-corrected chi connectivity index (χ4v) is 3.47. The van der Waals surface area contributed by atoms with Gasteiger partial charge in [-0.15, -0.1) is 0 Å². The first-order valence-corrected chi connectivity index (χ1v) is 9.07. The molecule has 3 N–H and O–H groups in total. The minimum Gasteiger partial charge on any atom is -0.354 e. The highest BCUT2D eigenvalue weighted by molar-refractivity contribution is 6.02. The standard InChI is InChI=1S/C21H20N4O3/c1-22-20(27)18-11-14-10-15(6-7-17(14)24-18)23-19(26)12-25-9-8-13-4-2-3-5-16(13)21(25)28/h2-7,10-11,24H,8-9,12H2,1H3,(H,22,27)(H,23,26). The van der Waals surface area contributed by atoms with E-state index in [1.807, 2.05) is 18.2 Å². The van der Waals surface area contributed by atoms with E-state index in [1.54, 1.807) is 42.3 Å². The van der Waals surface area contributed by atoms with Crippen LogP contribution < -0.4 is 10.6 Å². The van der Waals surface area contributed by atoms with Crippen molar-refractivity contribution in [2.24, 2.45) is 0 Å². The number of hydrogen-bond donors (Lipinski definition) is 3. The molecule has 1 aromatic heterocycles. The molecule has 0 atom stereocenters. The highest BCUT2D eigenvalue weighted by atomic mass is 16.2. The Labute approximate surface area is 161 Å². The van der Waals surface area contributed by atoms with E-state index in [2.05, 4.69) is 15.6 Å². The molecule has 0 unspecified atom stereocenters. The number of fused-ring (bicyclic) bond motifs is 2. The van der Waals surface area contributed by atoms with Crippen molar-refractivity contribution in [3.8, 4) is 0 Å². The molecule has 1 aliphatic rings. The van der Waals surface area contributed by atoms with Gasteiger partial charge in [0.15, 0.2) is 0 Å². The molecule has 28 heavy (non-hydrogen) atoms. The summed E-state index contributed by atoms with van der Waals surface area (Å²) in [5.41, 5.74) is 3.56. The van der Waals surface area contributed by atoms with Crippen LogP contribution in [0.2, 0.25) is 0 Å². The summed E-state index contributed by atoms with van der Waals surface area (Å²) in [7, 11) is 1.57. The molecule has 0 saturated carbocycles. The lowest BCUT2D eigenvalue weighted by molar-refractivity contribution is -0.116. The van der Waals surface area contributed by atoms with Gasteiger partial charge in [0.1, 0.15) is 12.2 Å². The first-order chi connectivity index (χ1) is 13.5. The highest BCUT2D eigenvalue weighted by Crippen LogP contribution is 2.21. The van der Waals surface area contributed by atoms with Gasteiger partial charge in [-0.05, 0) is 42.3 Å². The van der Waals surface area contributed by atoms with Gasteiger partial charge < -0.3 is 20.5 Å². The summed E-state index contributed by atoms with van der Waals surface area (Å²) in [6, 6.07) is 14.6. The normalized spacial score (nSPS) is 13.3. The Kier molecular flexibility index (Phi) is 4.57. The first kappa shape index (κ1) is 17.8. The molecule has 0 fully saturated rings. The smallest absolute Gasteiger partial charge is 0.267 e. The lowest BCUT2D eigenvalue weighted by Gasteiger charge is -2.28. The van der Waals surface area contributed by atoms with Crippen LogP contribution in [0, 0.1) is 0 Å². The fourth-order valence-electron chi connectivity index (χ4n) is 3.47. The third kappa shape index (κ3) is 3.34. The molecule has 2 aromatic carbocycles. The number of carbonyl (C=O) groups excluding carboxylic acids is 3. The van der Waals surface area contributed by atoms with E-state index in [0.717, 1.165) is 22.9 Å². The molecule has 1 aliphatic heterocycles. The van der Waals surface area contributed by atoms with Crippen molar-refractivity contribution < 1.29 is 14.4 Å². The Morgan fingerprint density at radius 2 is 1.96 bits per heavy atom. The van der Waals surface area contributed by atoms with Gasteiger partial charge in [0, 0.05) is 35.7 Å². The number of carbonyl (C=O) groups is 3. The maximum Gasteiger partial charge on any atom is 0.267 e. The van der Waals surface area contributed by atoms with Gasteiger partial charge in [0.05, 0.1) is 0 Å². The SMILES string of the molecule is CNC(=O)c1cc2cc(NC(=O)CN3CCc4ccccc4C3=O)ccc2[nH]1. The van der Waals surface area contributed by atoms with Gasteiger partial charge in [0.25, 0.3) is 11.8 Å². The van der Waals surface area contributed by atoms with E-state index in [1.165, 1.54) is 0 Å². The Balaban J connectivity index is 1.45. The summed E-state index contributed by atoms with van der Waals surface area (Å²) in [5, 5.41) is 6.22. The van der Waals surface area contributed by atoms with Crippen molar-refractivity contribution >= 4 is 34.3 Å². The van der Waals surface area contributed by atoms with Gasteiger partial charge in [-0.25, -0.2) is 0 Å². The van der Waals surface area contributed by atoms with Crippen LogP contribution in [0.3, 0.4) is 0 Å². The summed E-state index contributed by atoms with van der Waals surface area (Å²) in [4.78, 5) is 41.4. The predicted octanol–water partition coefficient (Wildman–Crippen LogP) is 2.16. The monoisotopic (exact) mass is 376 g/mol. The number of aromatic amines is 1. The zero-order valence-electron chi connectivity index (χ0n) is 15.4. The Bertz CT molecular complexity index is 1090. The molecule has 2 heterocycles. The molecule has 4 rings (SSSR count). The lowest BCUT2D eigenvalue weighted by Crippen LogP contribution is -2.42. The molecular formula is C21H20N4O3. The third-order valence-electron chi connectivity index (χ3n) is 4.90. The molecular weight excluding hydrogens is 356 g/mol. The van der Waals surface area contributed by atoms with E-state index in [-0.39, 0.29) is 24.3 Å². The second kappa shape index (κ2) is 7.19. The van der Waals surface area contributed by atoms with Gasteiger partial charge >= 0.3 is 0 Å².